The molecule has 1 aromatic rings. The molecule has 1 nitrogen and oxygen atoms in total. The van der Waals surface area contributed by atoms with Gasteiger partial charge in [-0.2, -0.15) is 0 Å². The molecule has 0 radical (unpaired) electrons. The average molecular weight is 285 g/mol. The van der Waals surface area contributed by atoms with Crippen molar-refractivity contribution in [2.45, 2.75) is 32.1 Å². The van der Waals surface area contributed by atoms with Gasteiger partial charge < -0.3 is 5.11 Å². The minimum atomic E-state index is 0.0973. The molecule has 0 aliphatic heterocycles. The minimum absolute atomic E-state index is 0.0973. The van der Waals surface area contributed by atoms with Crippen LogP contribution in [0, 0.1) is 17.3 Å². The molecule has 3 atom stereocenters. The molecule has 1 aromatic carbocycles. The lowest BCUT2D eigenvalue weighted by atomic mass is 9.70. The van der Waals surface area contributed by atoms with Crippen LogP contribution in [-0.2, 0) is 6.42 Å². The summed E-state index contributed by atoms with van der Waals surface area (Å²) in [6.07, 6.45) is 6.05. The summed E-state index contributed by atoms with van der Waals surface area (Å²) in [6.45, 7) is 0.300. The van der Waals surface area contributed by atoms with Gasteiger partial charge in [0.1, 0.15) is 0 Å². The van der Waals surface area contributed by atoms with Crippen LogP contribution in [0.2, 0.25) is 10.0 Å². The zero-order chi connectivity index (χ0) is 12.8. The van der Waals surface area contributed by atoms with Crippen LogP contribution in [0.3, 0.4) is 0 Å². The normalized spacial score (nSPS) is 34.2. The smallest absolute Gasteiger partial charge is 0.0595 e. The SMILES string of the molecule is OCC1(Cc2ccc(Cl)c(Cl)c2)CC2CCC1C2. The van der Waals surface area contributed by atoms with Crippen molar-refractivity contribution in [1.82, 2.24) is 0 Å². The second-order valence-corrected chi connectivity index (χ2v) is 6.84. The molecule has 2 aliphatic rings. The molecule has 2 saturated carbocycles. The summed E-state index contributed by atoms with van der Waals surface area (Å²) in [5, 5.41) is 11.1. The topological polar surface area (TPSA) is 20.2 Å². The van der Waals surface area contributed by atoms with Gasteiger partial charge in [0, 0.05) is 12.0 Å². The highest BCUT2D eigenvalue weighted by atomic mass is 35.5. The van der Waals surface area contributed by atoms with Gasteiger partial charge in [0.25, 0.3) is 0 Å². The first-order valence-corrected chi connectivity index (χ1v) is 7.43. The van der Waals surface area contributed by atoms with Gasteiger partial charge in [0.2, 0.25) is 0 Å². The van der Waals surface area contributed by atoms with Crippen LogP contribution in [-0.4, -0.2) is 11.7 Å². The summed E-state index contributed by atoms with van der Waals surface area (Å²) in [5.74, 6) is 1.53. The molecule has 3 unspecified atom stereocenters. The molecule has 2 fully saturated rings. The number of benzene rings is 1. The van der Waals surface area contributed by atoms with E-state index in [0.29, 0.717) is 22.6 Å². The second kappa shape index (κ2) is 4.70. The van der Waals surface area contributed by atoms with Gasteiger partial charge in [0.05, 0.1) is 10.0 Å². The van der Waals surface area contributed by atoms with E-state index in [9.17, 15) is 5.11 Å². The van der Waals surface area contributed by atoms with E-state index in [1.54, 1.807) is 0 Å². The monoisotopic (exact) mass is 284 g/mol. The lowest BCUT2D eigenvalue weighted by molar-refractivity contribution is 0.0652. The number of halogens is 2. The van der Waals surface area contributed by atoms with Gasteiger partial charge in [-0.15, -0.1) is 0 Å². The number of rotatable bonds is 3. The van der Waals surface area contributed by atoms with E-state index in [-0.39, 0.29) is 5.41 Å². The molecule has 2 aliphatic carbocycles. The van der Waals surface area contributed by atoms with Crippen LogP contribution in [0.5, 0.6) is 0 Å². The van der Waals surface area contributed by atoms with Crippen LogP contribution in [0.15, 0.2) is 18.2 Å². The molecule has 0 aromatic heterocycles. The van der Waals surface area contributed by atoms with E-state index in [1.807, 2.05) is 18.2 Å². The highest BCUT2D eigenvalue weighted by molar-refractivity contribution is 6.42. The number of hydrogen-bond donors (Lipinski definition) is 1. The van der Waals surface area contributed by atoms with E-state index in [0.717, 1.165) is 12.3 Å². The molecule has 98 valence electrons. The van der Waals surface area contributed by atoms with Crippen LogP contribution < -0.4 is 0 Å². The Morgan fingerprint density at radius 1 is 1.22 bits per heavy atom. The van der Waals surface area contributed by atoms with Crippen molar-refractivity contribution in [1.29, 1.82) is 0 Å². The van der Waals surface area contributed by atoms with Gasteiger partial charge in [-0.25, -0.2) is 0 Å². The summed E-state index contributed by atoms with van der Waals surface area (Å²) in [7, 11) is 0. The van der Waals surface area contributed by atoms with E-state index in [1.165, 1.54) is 31.2 Å². The van der Waals surface area contributed by atoms with Gasteiger partial charge in [0.15, 0.2) is 0 Å². The summed E-state index contributed by atoms with van der Waals surface area (Å²) in [5.41, 5.74) is 1.30. The van der Waals surface area contributed by atoms with Crippen LogP contribution >= 0.6 is 23.2 Å². The van der Waals surface area contributed by atoms with E-state index in [2.05, 4.69) is 0 Å². The first kappa shape index (κ1) is 12.8. The molecule has 3 heteroatoms. The van der Waals surface area contributed by atoms with E-state index in [4.69, 9.17) is 23.2 Å². The first-order chi connectivity index (χ1) is 8.63. The molecule has 0 saturated heterocycles. The van der Waals surface area contributed by atoms with Crippen molar-refractivity contribution in [3.63, 3.8) is 0 Å². The van der Waals surface area contributed by atoms with Crippen LogP contribution in [0.25, 0.3) is 0 Å². The summed E-state index contributed by atoms with van der Waals surface area (Å²) < 4.78 is 0. The third-order valence-electron chi connectivity index (χ3n) is 4.96. The molecule has 2 bridgehead atoms. The van der Waals surface area contributed by atoms with Crippen LogP contribution in [0.4, 0.5) is 0 Å². The highest BCUT2D eigenvalue weighted by Crippen LogP contribution is 2.57. The van der Waals surface area contributed by atoms with Crippen molar-refractivity contribution < 1.29 is 5.11 Å². The summed E-state index contributed by atoms with van der Waals surface area (Å²) in [4.78, 5) is 0. The lowest BCUT2D eigenvalue weighted by Crippen LogP contribution is -2.34. The minimum Gasteiger partial charge on any atom is -0.396 e. The molecule has 1 N–H and O–H groups in total. The Morgan fingerprint density at radius 2 is 2.06 bits per heavy atom. The Labute approximate surface area is 118 Å². The summed E-state index contributed by atoms with van der Waals surface area (Å²) >= 11 is 12.0. The number of aliphatic hydroxyl groups excluding tert-OH is 1. The van der Waals surface area contributed by atoms with E-state index < -0.39 is 0 Å². The third-order valence-corrected chi connectivity index (χ3v) is 5.70. The number of aliphatic hydroxyl groups is 1. The predicted octanol–water partition coefficient (Wildman–Crippen LogP) is 4.33. The maximum atomic E-state index is 9.86. The van der Waals surface area contributed by atoms with Gasteiger partial charge >= 0.3 is 0 Å². The zero-order valence-corrected chi connectivity index (χ0v) is 11.8. The molecule has 18 heavy (non-hydrogen) atoms. The van der Waals surface area contributed by atoms with Crippen molar-refractivity contribution >= 4 is 23.2 Å². The van der Waals surface area contributed by atoms with Crippen molar-refractivity contribution in [2.75, 3.05) is 6.61 Å². The maximum Gasteiger partial charge on any atom is 0.0595 e. The number of fused-ring (bicyclic) bond motifs is 2. The molecule has 0 spiro atoms. The largest absolute Gasteiger partial charge is 0.396 e. The Hall–Kier alpha value is -0.240. The molecular formula is C15H18Cl2O. The number of hydrogen-bond acceptors (Lipinski definition) is 1. The molecule has 0 amide bonds. The predicted molar refractivity (Wildman–Crippen MR) is 75.1 cm³/mol. The first-order valence-electron chi connectivity index (χ1n) is 6.68. The Morgan fingerprint density at radius 3 is 2.61 bits per heavy atom. The Kier molecular flexibility index (Phi) is 3.34. The maximum absolute atomic E-state index is 9.86. The zero-order valence-electron chi connectivity index (χ0n) is 10.3. The highest BCUT2D eigenvalue weighted by Gasteiger charge is 2.50. The van der Waals surface area contributed by atoms with Gasteiger partial charge in [-0.05, 0) is 55.2 Å². The van der Waals surface area contributed by atoms with Crippen LogP contribution in [0.1, 0.15) is 31.2 Å². The van der Waals surface area contributed by atoms with Crippen molar-refractivity contribution in [3.8, 4) is 0 Å². The second-order valence-electron chi connectivity index (χ2n) is 6.03. The summed E-state index contributed by atoms with van der Waals surface area (Å²) in [6, 6.07) is 5.85. The third kappa shape index (κ3) is 2.07. The molecule has 3 rings (SSSR count). The fourth-order valence-corrected chi connectivity index (χ4v) is 4.40. The fraction of sp³-hybridized carbons (Fsp3) is 0.600. The van der Waals surface area contributed by atoms with Crippen molar-refractivity contribution in [2.24, 2.45) is 17.3 Å². The Balaban J connectivity index is 1.84. The molecular weight excluding hydrogens is 267 g/mol. The van der Waals surface area contributed by atoms with Gasteiger partial charge in [-0.1, -0.05) is 35.7 Å². The quantitative estimate of drug-likeness (QED) is 0.876. The Bertz CT molecular complexity index is 460. The standard InChI is InChI=1S/C15H18Cl2O/c16-13-4-2-11(6-14(13)17)8-15(9-18)7-10-1-3-12(15)5-10/h2,4,6,10,12,18H,1,3,5,7-9H2. The molecule has 0 heterocycles. The van der Waals surface area contributed by atoms with Crippen molar-refractivity contribution in [3.05, 3.63) is 33.8 Å². The van der Waals surface area contributed by atoms with E-state index >= 15 is 0 Å². The van der Waals surface area contributed by atoms with Gasteiger partial charge in [-0.3, -0.25) is 0 Å². The lowest BCUT2D eigenvalue weighted by Gasteiger charge is -2.36. The fourth-order valence-electron chi connectivity index (χ4n) is 4.08. The average Bonchev–Trinajstić information content (AvgIpc) is 2.94.